The molecule has 62 heavy (non-hydrogen) atoms. The second kappa shape index (κ2) is 33.8. The molecule has 20 heteroatoms. The molecule has 3 amide bonds. The van der Waals surface area contributed by atoms with E-state index in [1.165, 1.54) is 18.2 Å². The zero-order chi connectivity index (χ0) is 47.7. The van der Waals surface area contributed by atoms with Crippen molar-refractivity contribution in [3.05, 3.63) is 38.0 Å². The molecule has 0 spiro atoms. The first-order valence-corrected chi connectivity index (χ1v) is 20.5. The largest absolute Gasteiger partial charge is 0.460 e. The van der Waals surface area contributed by atoms with Gasteiger partial charge in [0.05, 0.1) is 31.3 Å². The monoisotopic (exact) mass is 891 g/mol. The van der Waals surface area contributed by atoms with Crippen LogP contribution < -0.4 is 16.0 Å². The number of carbonyl (C=O) groups excluding carboxylic acids is 6. The van der Waals surface area contributed by atoms with Crippen molar-refractivity contribution in [1.82, 2.24) is 16.0 Å². The Balaban J connectivity index is 0. The molecule has 1 heterocycles. The van der Waals surface area contributed by atoms with Gasteiger partial charge in [-0.2, -0.15) is 0 Å². The number of hydrogen-bond acceptors (Lipinski definition) is 17. The smallest absolute Gasteiger partial charge is 0.407 e. The third kappa shape index (κ3) is 31.1. The summed E-state index contributed by atoms with van der Waals surface area (Å²) in [6, 6.07) is -1.94. The number of cyclic esters (lactones) is 1. The van der Waals surface area contributed by atoms with Crippen molar-refractivity contribution in [3.63, 3.8) is 0 Å². The molecule has 1 unspecified atom stereocenters. The minimum absolute atomic E-state index is 0.0684. The first-order chi connectivity index (χ1) is 29.1. The van der Waals surface area contributed by atoms with Crippen molar-refractivity contribution in [3.8, 4) is 0 Å². The Morgan fingerprint density at radius 2 is 0.984 bits per heavy atom. The Hall–Kier alpha value is -4.76. The van der Waals surface area contributed by atoms with Gasteiger partial charge in [0.1, 0.15) is 37.1 Å². The van der Waals surface area contributed by atoms with E-state index in [0.717, 1.165) is 0 Å². The normalized spacial score (nSPS) is 15.5. The fourth-order valence-corrected chi connectivity index (χ4v) is 4.73. The third-order valence-electron chi connectivity index (χ3n) is 6.79. The van der Waals surface area contributed by atoms with Gasteiger partial charge in [0.15, 0.2) is 12.6 Å². The van der Waals surface area contributed by atoms with E-state index in [1.54, 1.807) is 76.2 Å². The fourth-order valence-electron chi connectivity index (χ4n) is 4.73. The molecule has 3 N–H and O–H groups in total. The summed E-state index contributed by atoms with van der Waals surface area (Å²) in [4.78, 5) is 69.8. The van der Waals surface area contributed by atoms with Crippen molar-refractivity contribution in [2.75, 3.05) is 52.9 Å². The highest BCUT2D eigenvalue weighted by atomic mass is 16.7. The molecule has 0 aromatic carbocycles. The second-order valence-corrected chi connectivity index (χ2v) is 14.6. The van der Waals surface area contributed by atoms with Crippen LogP contribution in [0, 0.1) is 0 Å². The van der Waals surface area contributed by atoms with Crippen LogP contribution in [0.4, 0.5) is 14.4 Å². The minimum atomic E-state index is -0.770. The maximum absolute atomic E-state index is 12.0. The van der Waals surface area contributed by atoms with Crippen LogP contribution in [0.1, 0.15) is 95.4 Å². The quantitative estimate of drug-likeness (QED) is 0.0452. The predicted molar refractivity (Wildman–Crippen MR) is 227 cm³/mol. The molecule has 0 aromatic rings. The van der Waals surface area contributed by atoms with E-state index in [4.69, 9.17) is 52.1 Å². The zero-order valence-electron chi connectivity index (χ0n) is 38.5. The van der Waals surface area contributed by atoms with Gasteiger partial charge in [0, 0.05) is 33.0 Å². The van der Waals surface area contributed by atoms with Crippen LogP contribution >= 0.6 is 0 Å². The zero-order valence-corrected chi connectivity index (χ0v) is 38.5. The number of rotatable bonds is 25. The molecule has 358 valence electrons. The molecule has 0 radical (unpaired) electrons. The van der Waals surface area contributed by atoms with E-state index >= 15 is 0 Å². The standard InChI is InChI=1S/2C16H29NO6.C10H15NO5/c2*1-7-10-22-15(19)17-12(14(20-8-2)21-9-3)11-13(18)23-16(4,5)6;1-3-5-15-10(13)11-7-6-8(12)16-9(7)14-4-2/h2*7,12,14H,1,8-11H2,2-6H3,(H,17,19);3,7,9H,1,4-6H2,2H3,(H,11,13)/t2*12-;7-,9?/m000/s1. The van der Waals surface area contributed by atoms with Gasteiger partial charge in [0.25, 0.3) is 0 Å². The molecule has 1 rings (SSSR count). The number of ether oxygens (including phenoxy) is 11. The first kappa shape index (κ1) is 59.3. The molecule has 0 aliphatic carbocycles. The summed E-state index contributed by atoms with van der Waals surface area (Å²) in [5.41, 5.74) is -1.23. The van der Waals surface area contributed by atoms with E-state index in [2.05, 4.69) is 35.7 Å². The molecule has 0 saturated carbocycles. The molecule has 1 aliphatic heterocycles. The second-order valence-electron chi connectivity index (χ2n) is 14.6. The molecule has 1 aliphatic rings. The number of esters is 3. The third-order valence-corrected chi connectivity index (χ3v) is 6.79. The summed E-state index contributed by atoms with van der Waals surface area (Å²) in [5.74, 6) is -1.32. The van der Waals surface area contributed by atoms with Gasteiger partial charge in [-0.3, -0.25) is 14.4 Å². The summed E-state index contributed by atoms with van der Waals surface area (Å²) < 4.78 is 56.9. The molecule has 1 saturated heterocycles. The fraction of sp³-hybridized carbons (Fsp3) is 0.714. The van der Waals surface area contributed by atoms with Crippen LogP contribution in [0.5, 0.6) is 0 Å². The SMILES string of the molecule is C=CCOC(=O)N[C@@H](CC(=O)OC(C)(C)C)C(OCC)OCC.C=CCOC(=O)N[C@@H](CC(=O)OC(C)(C)C)C(OCC)OCC.C=CCOC(=O)N[C@H]1CC(=O)OC1OCC. The average molecular weight is 892 g/mol. The van der Waals surface area contributed by atoms with E-state index in [0.29, 0.717) is 33.0 Å². The summed E-state index contributed by atoms with van der Waals surface area (Å²) >= 11 is 0. The lowest BCUT2D eigenvalue weighted by Gasteiger charge is -2.28. The molecular formula is C42H73N3O17. The highest BCUT2D eigenvalue weighted by Gasteiger charge is 2.37. The first-order valence-electron chi connectivity index (χ1n) is 20.5. The topological polar surface area (TPSA) is 240 Å². The highest BCUT2D eigenvalue weighted by molar-refractivity contribution is 5.75. The minimum Gasteiger partial charge on any atom is -0.460 e. The van der Waals surface area contributed by atoms with Gasteiger partial charge < -0.3 is 68.1 Å². The molecule has 4 atom stereocenters. The van der Waals surface area contributed by atoms with Crippen LogP contribution in [0.25, 0.3) is 0 Å². The van der Waals surface area contributed by atoms with Gasteiger partial charge in [-0.05, 0) is 76.2 Å². The lowest BCUT2D eigenvalue weighted by Crippen LogP contribution is -2.48. The van der Waals surface area contributed by atoms with Gasteiger partial charge in [0.2, 0.25) is 6.29 Å². The molecular weight excluding hydrogens is 818 g/mol. The van der Waals surface area contributed by atoms with E-state index < -0.39 is 84.4 Å². The predicted octanol–water partition coefficient (Wildman–Crippen LogP) is 5.37. The average Bonchev–Trinajstić information content (AvgIpc) is 3.51. The van der Waals surface area contributed by atoms with Crippen molar-refractivity contribution < 1.29 is 80.9 Å². The Morgan fingerprint density at radius 3 is 1.29 bits per heavy atom. The molecule has 20 nitrogen and oxygen atoms in total. The van der Waals surface area contributed by atoms with E-state index in [1.807, 2.05) is 0 Å². The lowest BCUT2D eigenvalue weighted by atomic mass is 10.1. The van der Waals surface area contributed by atoms with Crippen molar-refractivity contribution in [2.45, 2.75) is 144 Å². The Bertz CT molecular complexity index is 1260. The number of amides is 3. The van der Waals surface area contributed by atoms with Gasteiger partial charge in [-0.25, -0.2) is 14.4 Å². The molecule has 1 fully saturated rings. The van der Waals surface area contributed by atoms with Crippen molar-refractivity contribution in [2.24, 2.45) is 0 Å². The van der Waals surface area contributed by atoms with Crippen molar-refractivity contribution >= 4 is 36.2 Å². The maximum atomic E-state index is 12.0. The van der Waals surface area contributed by atoms with Crippen molar-refractivity contribution in [1.29, 1.82) is 0 Å². The Morgan fingerprint density at radius 1 is 0.629 bits per heavy atom. The number of nitrogens with one attached hydrogen (secondary N) is 3. The summed E-state index contributed by atoms with van der Waals surface area (Å²) in [5, 5.41) is 7.66. The van der Waals surface area contributed by atoms with Crippen LogP contribution in [-0.4, -0.2) is 137 Å². The molecule has 0 aromatic heterocycles. The van der Waals surface area contributed by atoms with Crippen LogP contribution in [-0.2, 0) is 66.5 Å². The Labute approximate surface area is 367 Å². The van der Waals surface area contributed by atoms with Crippen LogP contribution in [0.3, 0.4) is 0 Å². The lowest BCUT2D eigenvalue weighted by molar-refractivity contribution is -0.170. The number of hydrogen-bond donors (Lipinski definition) is 3. The van der Waals surface area contributed by atoms with Crippen LogP contribution in [0.15, 0.2) is 38.0 Å². The molecule has 0 bridgehead atoms. The van der Waals surface area contributed by atoms with Gasteiger partial charge in [-0.15, -0.1) is 0 Å². The van der Waals surface area contributed by atoms with Gasteiger partial charge >= 0.3 is 36.2 Å². The van der Waals surface area contributed by atoms with Gasteiger partial charge in [-0.1, -0.05) is 38.0 Å². The highest BCUT2D eigenvalue weighted by Crippen LogP contribution is 2.17. The van der Waals surface area contributed by atoms with Crippen LogP contribution in [0.2, 0.25) is 0 Å². The summed E-state index contributed by atoms with van der Waals surface area (Å²) in [6.45, 7) is 32.1. The summed E-state index contributed by atoms with van der Waals surface area (Å²) in [7, 11) is 0. The van der Waals surface area contributed by atoms with E-state index in [9.17, 15) is 28.8 Å². The van der Waals surface area contributed by atoms with E-state index in [-0.39, 0.29) is 39.1 Å². The number of alkyl carbamates (subject to hydrolysis) is 3. The maximum Gasteiger partial charge on any atom is 0.407 e. The summed E-state index contributed by atoms with van der Waals surface area (Å²) in [6.07, 6.45) is 0.0193. The Kier molecular flexibility index (Phi) is 32.4. The number of carbonyl (C=O) groups is 6.